The first-order valence-electron chi connectivity index (χ1n) is 7.45. The number of nitrogens with zero attached hydrogens (tertiary/aromatic N) is 2. The third kappa shape index (κ3) is 2.94. The van der Waals surface area contributed by atoms with Gasteiger partial charge in [0, 0.05) is 18.8 Å². The van der Waals surface area contributed by atoms with Crippen molar-refractivity contribution in [2.75, 3.05) is 11.9 Å². The van der Waals surface area contributed by atoms with Gasteiger partial charge in [-0.15, -0.1) is 0 Å². The molecule has 0 atom stereocenters. The second-order valence-electron chi connectivity index (χ2n) is 6.18. The topological polar surface area (TPSA) is 66.0 Å². The highest BCUT2D eigenvalue weighted by Crippen LogP contribution is 2.31. The second kappa shape index (κ2) is 5.81. The third-order valence-electron chi connectivity index (χ3n) is 4.49. The molecule has 0 unspecified atom stereocenters. The molecule has 1 aromatic heterocycles. The van der Waals surface area contributed by atoms with Crippen LogP contribution in [-0.4, -0.2) is 23.9 Å². The Labute approximate surface area is 121 Å². The molecule has 1 aromatic rings. The van der Waals surface area contributed by atoms with E-state index in [4.69, 9.17) is 11.1 Å². The number of anilines is 1. The largest absolute Gasteiger partial charge is 0.384 e. The summed E-state index contributed by atoms with van der Waals surface area (Å²) < 4.78 is 0. The van der Waals surface area contributed by atoms with E-state index in [1.54, 1.807) is 0 Å². The van der Waals surface area contributed by atoms with Gasteiger partial charge in [0.05, 0.1) is 16.9 Å². The van der Waals surface area contributed by atoms with Crippen molar-refractivity contribution in [3.63, 3.8) is 0 Å². The zero-order chi connectivity index (χ0) is 14.9. The monoisotopic (exact) mass is 274 g/mol. The molecular formula is C16H26N4. The number of nitrogens with two attached hydrogens (primary N) is 1. The molecule has 0 bridgehead atoms. The Morgan fingerprint density at radius 1 is 1.30 bits per heavy atom. The third-order valence-corrected chi connectivity index (χ3v) is 4.49. The number of nitrogens with one attached hydrogen (secondary N) is 1. The molecule has 0 saturated heterocycles. The van der Waals surface area contributed by atoms with Crippen LogP contribution in [0.2, 0.25) is 0 Å². The van der Waals surface area contributed by atoms with Gasteiger partial charge in [-0.05, 0) is 51.5 Å². The molecule has 1 fully saturated rings. The van der Waals surface area contributed by atoms with E-state index in [2.05, 4.69) is 29.9 Å². The number of aromatic nitrogens is 1. The van der Waals surface area contributed by atoms with Crippen LogP contribution in [0.5, 0.6) is 0 Å². The van der Waals surface area contributed by atoms with Gasteiger partial charge in [0.1, 0.15) is 5.84 Å². The molecule has 0 radical (unpaired) electrons. The minimum absolute atomic E-state index is 0.112. The van der Waals surface area contributed by atoms with Crippen LogP contribution < -0.4 is 10.6 Å². The van der Waals surface area contributed by atoms with Crippen molar-refractivity contribution in [1.82, 2.24) is 4.98 Å². The SMILES string of the molecule is Cc1cc(N(C)C2CCC(C)CC2)c(C(=N)N)c(C)n1. The van der Waals surface area contributed by atoms with Crippen molar-refractivity contribution < 1.29 is 0 Å². The molecule has 2 rings (SSSR count). The molecule has 1 saturated carbocycles. The molecule has 4 nitrogen and oxygen atoms in total. The van der Waals surface area contributed by atoms with Crippen molar-refractivity contribution >= 4 is 11.5 Å². The minimum atomic E-state index is 0.112. The summed E-state index contributed by atoms with van der Waals surface area (Å²) in [4.78, 5) is 6.76. The van der Waals surface area contributed by atoms with E-state index in [1.807, 2.05) is 13.8 Å². The lowest BCUT2D eigenvalue weighted by atomic mass is 9.86. The maximum absolute atomic E-state index is 7.84. The fourth-order valence-corrected chi connectivity index (χ4v) is 3.25. The fraction of sp³-hybridized carbons (Fsp3) is 0.625. The van der Waals surface area contributed by atoms with Crippen molar-refractivity contribution in [2.24, 2.45) is 11.7 Å². The summed E-state index contributed by atoms with van der Waals surface area (Å²) in [6, 6.07) is 2.60. The van der Waals surface area contributed by atoms with E-state index >= 15 is 0 Å². The van der Waals surface area contributed by atoms with Gasteiger partial charge in [0.25, 0.3) is 0 Å². The molecule has 0 aromatic carbocycles. The molecule has 0 amide bonds. The second-order valence-corrected chi connectivity index (χ2v) is 6.18. The highest BCUT2D eigenvalue weighted by atomic mass is 15.1. The smallest absolute Gasteiger partial charge is 0.126 e. The molecule has 20 heavy (non-hydrogen) atoms. The Balaban J connectivity index is 2.33. The summed E-state index contributed by atoms with van der Waals surface area (Å²) >= 11 is 0. The fourth-order valence-electron chi connectivity index (χ4n) is 3.25. The number of hydrogen-bond donors (Lipinski definition) is 2. The Bertz CT molecular complexity index is 501. The molecule has 1 aliphatic rings. The lowest BCUT2D eigenvalue weighted by molar-refractivity contribution is 0.340. The van der Waals surface area contributed by atoms with E-state index in [0.29, 0.717) is 6.04 Å². The van der Waals surface area contributed by atoms with Gasteiger partial charge in [0.2, 0.25) is 0 Å². The van der Waals surface area contributed by atoms with Gasteiger partial charge in [-0.1, -0.05) is 6.92 Å². The zero-order valence-corrected chi connectivity index (χ0v) is 13.0. The number of amidine groups is 1. The van der Waals surface area contributed by atoms with E-state index in [9.17, 15) is 0 Å². The van der Waals surface area contributed by atoms with Crippen molar-refractivity contribution in [2.45, 2.75) is 52.5 Å². The van der Waals surface area contributed by atoms with Crippen molar-refractivity contribution in [3.8, 4) is 0 Å². The summed E-state index contributed by atoms with van der Waals surface area (Å²) in [6.07, 6.45) is 5.01. The van der Waals surface area contributed by atoms with Gasteiger partial charge < -0.3 is 10.6 Å². The van der Waals surface area contributed by atoms with Crippen LogP contribution in [0.3, 0.4) is 0 Å². The summed E-state index contributed by atoms with van der Waals surface area (Å²) in [5.74, 6) is 0.953. The standard InChI is InChI=1S/C16H26N4/c1-10-5-7-13(8-6-10)20(4)14-9-11(2)19-12(3)15(14)16(17)18/h9-10,13H,5-8H2,1-4H3,(H3,17,18). The predicted octanol–water partition coefficient (Wildman–Crippen LogP) is 3.00. The molecule has 3 N–H and O–H groups in total. The molecule has 1 heterocycles. The number of pyridine rings is 1. The van der Waals surface area contributed by atoms with E-state index in [0.717, 1.165) is 28.6 Å². The number of hydrogen-bond acceptors (Lipinski definition) is 3. The number of rotatable bonds is 3. The van der Waals surface area contributed by atoms with Gasteiger partial charge in [-0.25, -0.2) is 0 Å². The summed E-state index contributed by atoms with van der Waals surface area (Å²) in [5.41, 5.74) is 9.45. The van der Waals surface area contributed by atoms with Gasteiger partial charge >= 0.3 is 0 Å². The normalized spacial score (nSPS) is 22.6. The van der Waals surface area contributed by atoms with Gasteiger partial charge in [-0.2, -0.15) is 0 Å². The van der Waals surface area contributed by atoms with Crippen molar-refractivity contribution in [1.29, 1.82) is 5.41 Å². The lowest BCUT2D eigenvalue weighted by Crippen LogP contribution is -2.36. The first-order valence-corrected chi connectivity index (χ1v) is 7.45. The maximum Gasteiger partial charge on any atom is 0.126 e. The summed E-state index contributed by atoms with van der Waals surface area (Å²) in [7, 11) is 2.13. The van der Waals surface area contributed by atoms with Gasteiger partial charge in [0.15, 0.2) is 0 Å². The lowest BCUT2D eigenvalue weighted by Gasteiger charge is -2.36. The molecular weight excluding hydrogens is 248 g/mol. The van der Waals surface area contributed by atoms with Crippen LogP contribution in [0.1, 0.15) is 49.6 Å². The quantitative estimate of drug-likeness (QED) is 0.658. The number of aryl methyl sites for hydroxylation is 2. The highest BCUT2D eigenvalue weighted by Gasteiger charge is 2.24. The van der Waals surface area contributed by atoms with Crippen LogP contribution in [-0.2, 0) is 0 Å². The molecule has 110 valence electrons. The Hall–Kier alpha value is -1.58. The average molecular weight is 274 g/mol. The van der Waals surface area contributed by atoms with Crippen LogP contribution in [0, 0.1) is 25.2 Å². The van der Waals surface area contributed by atoms with Gasteiger partial charge in [-0.3, -0.25) is 10.4 Å². The van der Waals surface area contributed by atoms with E-state index in [-0.39, 0.29) is 5.84 Å². The maximum atomic E-state index is 7.84. The molecule has 0 aliphatic heterocycles. The Morgan fingerprint density at radius 2 is 1.90 bits per heavy atom. The first kappa shape index (κ1) is 14.8. The zero-order valence-electron chi connectivity index (χ0n) is 13.0. The molecule has 1 aliphatic carbocycles. The highest BCUT2D eigenvalue weighted by molar-refractivity contribution is 6.01. The molecule has 4 heteroatoms. The van der Waals surface area contributed by atoms with Crippen LogP contribution in [0.15, 0.2) is 6.07 Å². The van der Waals surface area contributed by atoms with Crippen LogP contribution >= 0.6 is 0 Å². The molecule has 0 spiro atoms. The minimum Gasteiger partial charge on any atom is -0.384 e. The van der Waals surface area contributed by atoms with Crippen molar-refractivity contribution in [3.05, 3.63) is 23.0 Å². The van der Waals surface area contributed by atoms with E-state index in [1.165, 1.54) is 25.7 Å². The Kier molecular flexibility index (Phi) is 4.31. The predicted molar refractivity (Wildman–Crippen MR) is 84.6 cm³/mol. The number of nitrogen functional groups attached to an aromatic ring is 1. The average Bonchev–Trinajstić information content (AvgIpc) is 2.37. The summed E-state index contributed by atoms with van der Waals surface area (Å²) in [6.45, 7) is 6.26. The summed E-state index contributed by atoms with van der Waals surface area (Å²) in [5, 5.41) is 7.84. The first-order chi connectivity index (χ1) is 9.40. The Morgan fingerprint density at radius 3 is 2.45 bits per heavy atom. The van der Waals surface area contributed by atoms with Crippen LogP contribution in [0.25, 0.3) is 0 Å². The van der Waals surface area contributed by atoms with Crippen LogP contribution in [0.4, 0.5) is 5.69 Å². The van der Waals surface area contributed by atoms with E-state index < -0.39 is 0 Å².